The zero-order chi connectivity index (χ0) is 15.2. The van der Waals surface area contributed by atoms with E-state index in [4.69, 9.17) is 0 Å². The molecule has 5 heteroatoms. The molecule has 1 saturated heterocycles. The van der Waals surface area contributed by atoms with Gasteiger partial charge in [0, 0.05) is 19.2 Å². The predicted molar refractivity (Wildman–Crippen MR) is 85.6 cm³/mol. The number of nitrogens with zero attached hydrogens (tertiary/aromatic N) is 2. The van der Waals surface area contributed by atoms with Crippen molar-refractivity contribution in [3.63, 3.8) is 0 Å². The van der Waals surface area contributed by atoms with Crippen molar-refractivity contribution in [1.29, 1.82) is 0 Å². The molecule has 5 nitrogen and oxygen atoms in total. The van der Waals surface area contributed by atoms with Crippen LogP contribution in [-0.4, -0.2) is 29.5 Å². The minimum Gasteiger partial charge on any atom is -0.380 e. The molecule has 1 heterocycles. The Morgan fingerprint density at radius 2 is 2.19 bits per heavy atom. The topological polar surface area (TPSA) is 58.4 Å². The van der Waals surface area contributed by atoms with Crippen LogP contribution in [0.4, 0.5) is 11.4 Å². The molecule has 0 spiro atoms. The van der Waals surface area contributed by atoms with Gasteiger partial charge in [0.25, 0.3) is 5.69 Å². The van der Waals surface area contributed by atoms with Gasteiger partial charge >= 0.3 is 0 Å². The third kappa shape index (κ3) is 4.43. The summed E-state index contributed by atoms with van der Waals surface area (Å²) in [4.78, 5) is 13.3. The van der Waals surface area contributed by atoms with E-state index < -0.39 is 0 Å². The Hall–Kier alpha value is -1.62. The Balaban J connectivity index is 2.09. The van der Waals surface area contributed by atoms with E-state index in [-0.39, 0.29) is 10.6 Å². The van der Waals surface area contributed by atoms with Crippen LogP contribution >= 0.6 is 0 Å². The van der Waals surface area contributed by atoms with E-state index in [1.807, 2.05) is 19.1 Å². The lowest BCUT2D eigenvalue weighted by atomic mass is 10.0. The van der Waals surface area contributed by atoms with Crippen LogP contribution in [0.3, 0.4) is 0 Å². The van der Waals surface area contributed by atoms with Gasteiger partial charge in [0.05, 0.1) is 4.92 Å². The molecule has 0 saturated carbocycles. The van der Waals surface area contributed by atoms with E-state index in [1.54, 1.807) is 6.07 Å². The summed E-state index contributed by atoms with van der Waals surface area (Å²) in [6.07, 6.45) is 3.73. The Bertz CT molecular complexity index is 490. The van der Waals surface area contributed by atoms with E-state index in [0.717, 1.165) is 31.1 Å². The van der Waals surface area contributed by atoms with Crippen molar-refractivity contribution >= 4 is 11.4 Å². The fourth-order valence-corrected chi connectivity index (χ4v) is 2.91. The van der Waals surface area contributed by atoms with Gasteiger partial charge in [-0.25, -0.2) is 0 Å². The summed E-state index contributed by atoms with van der Waals surface area (Å²) in [7, 11) is 0. The summed E-state index contributed by atoms with van der Waals surface area (Å²) >= 11 is 0. The monoisotopic (exact) mass is 291 g/mol. The van der Waals surface area contributed by atoms with Crippen LogP contribution < -0.4 is 5.32 Å². The molecule has 1 aliphatic heterocycles. The highest BCUT2D eigenvalue weighted by atomic mass is 16.6. The van der Waals surface area contributed by atoms with Crippen molar-refractivity contribution in [2.24, 2.45) is 5.92 Å². The van der Waals surface area contributed by atoms with E-state index in [1.165, 1.54) is 19.3 Å². The van der Waals surface area contributed by atoms with Crippen LogP contribution in [0.15, 0.2) is 18.2 Å². The first-order valence-corrected chi connectivity index (χ1v) is 7.83. The first-order valence-electron chi connectivity index (χ1n) is 7.83. The second kappa shape index (κ2) is 7.41. The summed E-state index contributed by atoms with van der Waals surface area (Å²) in [5.74, 6) is 0.792. The van der Waals surface area contributed by atoms with Crippen LogP contribution in [0.1, 0.15) is 38.7 Å². The molecule has 0 amide bonds. The largest absolute Gasteiger partial charge is 0.380 e. The summed E-state index contributed by atoms with van der Waals surface area (Å²) in [6, 6.07) is 5.54. The van der Waals surface area contributed by atoms with Gasteiger partial charge in [0.1, 0.15) is 5.69 Å². The number of rotatable bonds is 5. The molecule has 1 aliphatic rings. The van der Waals surface area contributed by atoms with Crippen molar-refractivity contribution in [3.05, 3.63) is 33.9 Å². The van der Waals surface area contributed by atoms with Gasteiger partial charge in [-0.05, 0) is 56.8 Å². The molecule has 1 atom stereocenters. The lowest BCUT2D eigenvalue weighted by Gasteiger charge is -2.20. The van der Waals surface area contributed by atoms with Crippen molar-refractivity contribution in [2.45, 2.75) is 39.7 Å². The SMILES string of the molecule is CCNc1ccc(CN2CCCC(C)CC2)cc1[N+](=O)[O-]. The summed E-state index contributed by atoms with van der Waals surface area (Å²) in [5, 5.41) is 14.2. The highest BCUT2D eigenvalue weighted by molar-refractivity contribution is 5.62. The number of nitrogens with one attached hydrogen (secondary N) is 1. The van der Waals surface area contributed by atoms with Gasteiger partial charge in [-0.3, -0.25) is 15.0 Å². The molecule has 1 fully saturated rings. The number of likely N-dealkylation sites (tertiary alicyclic amines) is 1. The van der Waals surface area contributed by atoms with E-state index in [9.17, 15) is 10.1 Å². The molecular formula is C16H25N3O2. The molecule has 1 N–H and O–H groups in total. The predicted octanol–water partition coefficient (Wildman–Crippen LogP) is 3.65. The van der Waals surface area contributed by atoms with Crippen LogP contribution in [0, 0.1) is 16.0 Å². The van der Waals surface area contributed by atoms with E-state index in [2.05, 4.69) is 17.1 Å². The Morgan fingerprint density at radius 3 is 2.90 bits per heavy atom. The van der Waals surface area contributed by atoms with E-state index in [0.29, 0.717) is 12.2 Å². The number of benzene rings is 1. The number of anilines is 1. The quantitative estimate of drug-likeness (QED) is 0.664. The van der Waals surface area contributed by atoms with Gasteiger partial charge in [0.2, 0.25) is 0 Å². The zero-order valence-electron chi connectivity index (χ0n) is 13.0. The van der Waals surface area contributed by atoms with Gasteiger partial charge in [-0.1, -0.05) is 13.0 Å². The highest BCUT2D eigenvalue weighted by Gasteiger charge is 2.17. The summed E-state index contributed by atoms with van der Waals surface area (Å²) < 4.78 is 0. The maximum absolute atomic E-state index is 11.2. The third-order valence-electron chi connectivity index (χ3n) is 4.14. The summed E-state index contributed by atoms with van der Waals surface area (Å²) in [6.45, 7) is 7.91. The number of nitro groups is 1. The molecule has 1 aromatic carbocycles. The lowest BCUT2D eigenvalue weighted by molar-refractivity contribution is -0.384. The van der Waals surface area contributed by atoms with Gasteiger partial charge in [0.15, 0.2) is 0 Å². The van der Waals surface area contributed by atoms with Gasteiger partial charge < -0.3 is 5.32 Å². The van der Waals surface area contributed by atoms with Crippen molar-refractivity contribution < 1.29 is 4.92 Å². The van der Waals surface area contributed by atoms with Crippen molar-refractivity contribution in [2.75, 3.05) is 25.0 Å². The maximum atomic E-state index is 11.2. The fourth-order valence-electron chi connectivity index (χ4n) is 2.91. The Morgan fingerprint density at radius 1 is 1.38 bits per heavy atom. The van der Waals surface area contributed by atoms with Crippen LogP contribution in [0.25, 0.3) is 0 Å². The van der Waals surface area contributed by atoms with Gasteiger partial charge in [-0.15, -0.1) is 0 Å². The maximum Gasteiger partial charge on any atom is 0.292 e. The Labute approximate surface area is 126 Å². The highest BCUT2D eigenvalue weighted by Crippen LogP contribution is 2.26. The molecule has 0 bridgehead atoms. The molecule has 116 valence electrons. The molecule has 21 heavy (non-hydrogen) atoms. The normalized spacial score (nSPS) is 20.0. The Kier molecular flexibility index (Phi) is 5.56. The molecule has 0 radical (unpaired) electrons. The lowest BCUT2D eigenvalue weighted by Crippen LogP contribution is -2.24. The molecule has 2 rings (SSSR count). The molecule has 0 aliphatic carbocycles. The third-order valence-corrected chi connectivity index (χ3v) is 4.14. The first-order chi connectivity index (χ1) is 10.1. The number of hydrogen-bond acceptors (Lipinski definition) is 4. The fraction of sp³-hybridized carbons (Fsp3) is 0.625. The summed E-state index contributed by atoms with van der Waals surface area (Å²) in [5.41, 5.74) is 1.81. The average molecular weight is 291 g/mol. The zero-order valence-corrected chi connectivity index (χ0v) is 13.0. The van der Waals surface area contributed by atoms with Crippen LogP contribution in [0.2, 0.25) is 0 Å². The van der Waals surface area contributed by atoms with Crippen LogP contribution in [0.5, 0.6) is 0 Å². The molecule has 0 aromatic heterocycles. The average Bonchev–Trinajstić information content (AvgIpc) is 2.65. The molecule has 1 unspecified atom stereocenters. The minimum absolute atomic E-state index is 0.178. The first kappa shape index (κ1) is 15.8. The second-order valence-electron chi connectivity index (χ2n) is 5.95. The van der Waals surface area contributed by atoms with Crippen molar-refractivity contribution in [3.8, 4) is 0 Å². The standard InChI is InChI=1S/C16H25N3O2/c1-3-17-15-7-6-14(11-16(15)19(20)21)12-18-9-4-5-13(2)8-10-18/h6-7,11,13,17H,3-5,8-10,12H2,1-2H3. The van der Waals surface area contributed by atoms with Gasteiger partial charge in [-0.2, -0.15) is 0 Å². The number of nitro benzene ring substituents is 1. The minimum atomic E-state index is -0.300. The van der Waals surface area contributed by atoms with E-state index >= 15 is 0 Å². The smallest absolute Gasteiger partial charge is 0.292 e. The molecular weight excluding hydrogens is 266 g/mol. The molecule has 1 aromatic rings. The van der Waals surface area contributed by atoms with Crippen molar-refractivity contribution in [1.82, 2.24) is 4.90 Å². The van der Waals surface area contributed by atoms with Crippen LogP contribution in [-0.2, 0) is 6.54 Å². The second-order valence-corrected chi connectivity index (χ2v) is 5.95. The number of hydrogen-bond donors (Lipinski definition) is 1.